The van der Waals surface area contributed by atoms with Gasteiger partial charge in [-0.1, -0.05) is 168 Å². The summed E-state index contributed by atoms with van der Waals surface area (Å²) < 4.78 is 0. The van der Waals surface area contributed by atoms with E-state index in [2.05, 4.69) is 256 Å². The Morgan fingerprint density at radius 2 is 0.941 bits per heavy atom. The van der Waals surface area contributed by atoms with Crippen LogP contribution >= 0.6 is 0 Å². The van der Waals surface area contributed by atoms with E-state index in [-0.39, 0.29) is 0 Å². The molecule has 1 atom stereocenters. The van der Waals surface area contributed by atoms with Gasteiger partial charge in [-0.15, -0.1) is 0 Å². The van der Waals surface area contributed by atoms with Gasteiger partial charge < -0.3 is 9.80 Å². The van der Waals surface area contributed by atoms with Gasteiger partial charge in [0, 0.05) is 34.0 Å². The predicted molar refractivity (Wildman–Crippen MR) is 286 cm³/mol. The summed E-state index contributed by atoms with van der Waals surface area (Å²) in [6.45, 7) is 8.65. The van der Waals surface area contributed by atoms with Crippen LogP contribution in [0.4, 0.5) is 28.4 Å². The van der Waals surface area contributed by atoms with E-state index in [1.165, 1.54) is 105 Å². The van der Waals surface area contributed by atoms with E-state index < -0.39 is 5.41 Å². The molecule has 8 aromatic carbocycles. The van der Waals surface area contributed by atoms with Crippen molar-refractivity contribution in [2.75, 3.05) is 9.80 Å². The van der Waals surface area contributed by atoms with Gasteiger partial charge in [0.1, 0.15) is 0 Å². The molecule has 0 aromatic heterocycles. The maximum atomic E-state index is 2.65. The zero-order chi connectivity index (χ0) is 45.7. The van der Waals surface area contributed by atoms with Crippen molar-refractivity contribution in [3.8, 4) is 0 Å². The molecule has 0 heterocycles. The molecule has 1 spiro atoms. The lowest BCUT2D eigenvalue weighted by atomic mass is 9.59. The predicted octanol–water partition coefficient (Wildman–Crippen LogP) is 15.3. The molecular formula is C66H50N2. The van der Waals surface area contributed by atoms with Crippen LogP contribution in [0, 0.1) is 33.1 Å². The summed E-state index contributed by atoms with van der Waals surface area (Å²) in [6.07, 6.45) is 11.0. The van der Waals surface area contributed by atoms with Gasteiger partial charge in [-0.3, -0.25) is 0 Å². The minimum atomic E-state index is -0.531. The number of fused-ring (bicyclic) bond motifs is 3. The van der Waals surface area contributed by atoms with Gasteiger partial charge in [-0.05, 0) is 179 Å². The smallest absolute Gasteiger partial charge is 0.0637 e. The minimum absolute atomic E-state index is 0.531. The molecule has 5 aliphatic rings. The van der Waals surface area contributed by atoms with E-state index in [9.17, 15) is 0 Å². The zero-order valence-corrected chi connectivity index (χ0v) is 38.9. The van der Waals surface area contributed by atoms with E-state index in [1.807, 2.05) is 0 Å². The Bertz CT molecular complexity index is 3590. The van der Waals surface area contributed by atoms with Crippen LogP contribution < -0.4 is 20.2 Å². The summed E-state index contributed by atoms with van der Waals surface area (Å²) in [5.41, 5.74) is 27.1. The Hall–Kier alpha value is -8.20. The summed E-state index contributed by atoms with van der Waals surface area (Å²) in [4.78, 5) is 4.90. The largest absolute Gasteiger partial charge is 0.310 e. The van der Waals surface area contributed by atoms with E-state index in [1.54, 1.807) is 0 Å². The second-order valence-electron chi connectivity index (χ2n) is 19.2. The number of rotatable bonds is 8. The Kier molecular flexibility index (Phi) is 9.11. The Morgan fingerprint density at radius 1 is 0.412 bits per heavy atom. The first-order valence-corrected chi connectivity index (χ1v) is 24.0. The second-order valence-corrected chi connectivity index (χ2v) is 19.2. The van der Waals surface area contributed by atoms with Gasteiger partial charge in [0.25, 0.3) is 0 Å². The van der Waals surface area contributed by atoms with Crippen LogP contribution in [-0.4, -0.2) is 0 Å². The van der Waals surface area contributed by atoms with Gasteiger partial charge >= 0.3 is 0 Å². The number of hydrogen-bond donors (Lipinski definition) is 0. The van der Waals surface area contributed by atoms with E-state index in [4.69, 9.17) is 0 Å². The molecular weight excluding hydrogens is 821 g/mol. The monoisotopic (exact) mass is 870 g/mol. The third-order valence-electron chi connectivity index (χ3n) is 14.9. The molecule has 0 fully saturated rings. The molecule has 0 aliphatic heterocycles. The minimum Gasteiger partial charge on any atom is -0.310 e. The standard InChI is InChI=1S/C66H50N2/c1-42-18-26-49(27-19-42)67(50-28-20-43(2)21-29-50)53-34-35-54-58(39-53)60-40-57(47-14-9-6-10-15-47)64-56-17-11-16-55-62(68(51-30-22-44(3)23-31-51)52-32-24-45(4)25-33-52)37-36-61(63(55)56)66(64)41-48(38-59(54)65(60)66)46-12-7-5-8-13-46/h5-35,37-41H,36H2,1-4H3. The maximum absolute atomic E-state index is 2.65. The van der Waals surface area contributed by atoms with Crippen molar-refractivity contribution in [1.29, 1.82) is 0 Å². The van der Waals surface area contributed by atoms with Gasteiger partial charge in [-0.25, -0.2) is 0 Å². The molecule has 324 valence electrons. The molecule has 0 amide bonds. The summed E-state index contributed by atoms with van der Waals surface area (Å²) in [7, 11) is 0. The lowest BCUT2D eigenvalue weighted by Gasteiger charge is -2.43. The summed E-state index contributed by atoms with van der Waals surface area (Å²) in [5, 5.41) is 2.69. The van der Waals surface area contributed by atoms with Gasteiger partial charge in [0.05, 0.1) is 11.1 Å². The average molecular weight is 871 g/mol. The molecule has 2 nitrogen and oxygen atoms in total. The first kappa shape index (κ1) is 40.1. The lowest BCUT2D eigenvalue weighted by molar-refractivity contribution is 0.821. The van der Waals surface area contributed by atoms with Gasteiger partial charge in [0.2, 0.25) is 0 Å². The Morgan fingerprint density at radius 3 is 1.51 bits per heavy atom. The third-order valence-corrected chi connectivity index (χ3v) is 14.9. The van der Waals surface area contributed by atoms with Crippen LogP contribution in [0.5, 0.6) is 0 Å². The number of hydrogen-bond acceptors (Lipinski definition) is 2. The van der Waals surface area contributed by atoms with Crippen molar-refractivity contribution >= 4 is 67.6 Å². The molecule has 68 heavy (non-hydrogen) atoms. The topological polar surface area (TPSA) is 6.48 Å². The summed E-state index contributed by atoms with van der Waals surface area (Å²) in [5.74, 6) is 0. The fourth-order valence-corrected chi connectivity index (χ4v) is 11.7. The van der Waals surface area contributed by atoms with Crippen molar-refractivity contribution in [3.63, 3.8) is 0 Å². The van der Waals surface area contributed by atoms with Crippen LogP contribution in [0.15, 0.2) is 224 Å². The molecule has 0 radical (unpaired) electrons. The maximum Gasteiger partial charge on any atom is 0.0637 e. The normalized spacial score (nSPS) is 17.1. The highest BCUT2D eigenvalue weighted by Crippen LogP contribution is 2.67. The number of nitrogens with zero attached hydrogens (tertiary/aromatic N) is 2. The molecule has 1 unspecified atom stereocenters. The molecule has 0 saturated carbocycles. The molecule has 0 saturated heterocycles. The van der Waals surface area contributed by atoms with E-state index in [0.29, 0.717) is 0 Å². The molecule has 2 heteroatoms. The van der Waals surface area contributed by atoms with Crippen molar-refractivity contribution in [2.45, 2.75) is 34.1 Å². The van der Waals surface area contributed by atoms with Crippen molar-refractivity contribution < 1.29 is 0 Å². The first-order valence-electron chi connectivity index (χ1n) is 24.0. The first-order chi connectivity index (χ1) is 33.3. The second kappa shape index (κ2) is 15.4. The fourth-order valence-electron chi connectivity index (χ4n) is 11.7. The third kappa shape index (κ3) is 6.10. The number of benzene rings is 8. The van der Waals surface area contributed by atoms with Crippen molar-refractivity contribution in [3.05, 3.63) is 285 Å². The zero-order valence-electron chi connectivity index (χ0n) is 38.9. The highest BCUT2D eigenvalue weighted by molar-refractivity contribution is 6.24. The number of aryl methyl sites for hydroxylation is 4. The van der Waals surface area contributed by atoms with Crippen LogP contribution in [0.1, 0.15) is 56.5 Å². The van der Waals surface area contributed by atoms with Crippen LogP contribution in [-0.2, 0) is 0 Å². The Labute approximate surface area is 399 Å². The highest BCUT2D eigenvalue weighted by atomic mass is 15.2. The summed E-state index contributed by atoms with van der Waals surface area (Å²) in [6, 6.07) is 72.4. The van der Waals surface area contributed by atoms with E-state index >= 15 is 0 Å². The molecule has 8 aromatic rings. The molecule has 0 N–H and O–H groups in total. The molecule has 0 bridgehead atoms. The highest BCUT2D eigenvalue weighted by Gasteiger charge is 2.54. The van der Waals surface area contributed by atoms with Crippen LogP contribution in [0.2, 0.25) is 0 Å². The van der Waals surface area contributed by atoms with Crippen LogP contribution in [0.3, 0.4) is 0 Å². The molecule has 13 rings (SSSR count). The van der Waals surface area contributed by atoms with Crippen molar-refractivity contribution in [2.24, 2.45) is 5.41 Å². The summed E-state index contributed by atoms with van der Waals surface area (Å²) >= 11 is 0. The Balaban J connectivity index is 1.10. The van der Waals surface area contributed by atoms with Crippen molar-refractivity contribution in [1.82, 2.24) is 0 Å². The van der Waals surface area contributed by atoms with Crippen LogP contribution in [0.25, 0.3) is 39.1 Å². The molecule has 5 aliphatic carbocycles. The SMILES string of the molecule is Cc1ccc(N(C2=CCC3=c4c2cccc4=C2C(c4ccccc4)=CC4=C5C(=CC(c6ccccc6)=CC523)c2ccc(N(c3ccc(C)cc3)c3ccc(C)cc3)cc24)c2ccc(C)cc2)cc1. The fraction of sp³-hybridized carbons (Fsp3) is 0.0909. The van der Waals surface area contributed by atoms with E-state index in [0.717, 1.165) is 34.9 Å². The number of anilines is 5. The number of allylic oxidation sites excluding steroid dienone is 9. The van der Waals surface area contributed by atoms with Gasteiger partial charge in [0.15, 0.2) is 0 Å². The lowest BCUT2D eigenvalue weighted by Crippen LogP contribution is -2.33. The van der Waals surface area contributed by atoms with Gasteiger partial charge in [-0.2, -0.15) is 0 Å². The average Bonchev–Trinajstić information content (AvgIpc) is 3.85. The quantitative estimate of drug-likeness (QED) is 0.150.